The fraction of sp³-hybridized carbons (Fsp3) is 0.571. The Hall–Kier alpha value is -1.27. The smallest absolute Gasteiger partial charge is 0.244 e. The third kappa shape index (κ3) is 2.76. The van der Waals surface area contributed by atoms with Crippen LogP contribution >= 0.6 is 0 Å². The minimum Gasteiger partial charge on any atom is -0.396 e. The van der Waals surface area contributed by atoms with Gasteiger partial charge >= 0.3 is 0 Å². The minimum atomic E-state index is -3.50. The number of nitrogen functional groups attached to an aromatic ring is 1. The maximum atomic E-state index is 12.3. The van der Waals surface area contributed by atoms with Crippen LogP contribution in [0.15, 0.2) is 23.1 Å². The predicted octanol–water partition coefficient (Wildman–Crippen LogP) is 1.90. The van der Waals surface area contributed by atoms with E-state index >= 15 is 0 Å². The first-order valence-corrected chi connectivity index (χ1v) is 8.41. The van der Waals surface area contributed by atoms with Crippen molar-refractivity contribution < 1.29 is 8.42 Å². The molecule has 1 aliphatic rings. The summed E-state index contributed by atoms with van der Waals surface area (Å²) < 4.78 is 25.8. The van der Waals surface area contributed by atoms with E-state index in [1.165, 1.54) is 18.4 Å². The van der Waals surface area contributed by atoms with E-state index in [1.54, 1.807) is 12.1 Å². The third-order valence-corrected chi connectivity index (χ3v) is 5.44. The van der Waals surface area contributed by atoms with Crippen molar-refractivity contribution in [2.45, 2.75) is 37.1 Å². The van der Waals surface area contributed by atoms with Crippen LogP contribution in [0.1, 0.15) is 26.2 Å². The number of anilines is 2. The van der Waals surface area contributed by atoms with Crippen LogP contribution in [0, 0.1) is 0 Å². The van der Waals surface area contributed by atoms with E-state index in [0.717, 1.165) is 31.5 Å². The Bertz CT molecular complexity index is 580. The SMILES string of the molecule is CCCN(c1cccc(S(=O)(=O)N(C)C)c1N)C1CC1. The van der Waals surface area contributed by atoms with Crippen LogP contribution in [-0.2, 0) is 10.0 Å². The zero-order chi connectivity index (χ0) is 14.9. The first-order valence-electron chi connectivity index (χ1n) is 6.97. The van der Waals surface area contributed by atoms with Crippen LogP contribution in [0.5, 0.6) is 0 Å². The highest BCUT2D eigenvalue weighted by atomic mass is 32.2. The Balaban J connectivity index is 2.46. The molecule has 0 amide bonds. The summed E-state index contributed by atoms with van der Waals surface area (Å²) in [6.45, 7) is 3.02. The second-order valence-electron chi connectivity index (χ2n) is 5.40. The van der Waals surface area contributed by atoms with Crippen molar-refractivity contribution in [1.82, 2.24) is 4.31 Å². The molecular formula is C14H23N3O2S. The molecule has 2 N–H and O–H groups in total. The van der Waals surface area contributed by atoms with Gasteiger partial charge in [-0.2, -0.15) is 0 Å². The summed E-state index contributed by atoms with van der Waals surface area (Å²) in [5.74, 6) is 0. The lowest BCUT2D eigenvalue weighted by Crippen LogP contribution is -2.29. The maximum absolute atomic E-state index is 12.3. The quantitative estimate of drug-likeness (QED) is 0.814. The van der Waals surface area contributed by atoms with Crippen LogP contribution < -0.4 is 10.6 Å². The van der Waals surface area contributed by atoms with E-state index in [-0.39, 0.29) is 4.90 Å². The second kappa shape index (κ2) is 5.61. The lowest BCUT2D eigenvalue weighted by Gasteiger charge is -2.27. The zero-order valence-corrected chi connectivity index (χ0v) is 13.2. The number of rotatable bonds is 6. The molecule has 0 radical (unpaired) electrons. The van der Waals surface area contributed by atoms with Gasteiger partial charge in [-0.05, 0) is 31.4 Å². The molecule has 0 heterocycles. The molecule has 0 aromatic heterocycles. The molecule has 112 valence electrons. The van der Waals surface area contributed by atoms with E-state index in [4.69, 9.17) is 5.73 Å². The monoisotopic (exact) mass is 297 g/mol. The number of sulfonamides is 1. The molecule has 0 aliphatic heterocycles. The molecule has 1 aromatic rings. The highest BCUT2D eigenvalue weighted by Gasteiger charge is 2.31. The highest BCUT2D eigenvalue weighted by molar-refractivity contribution is 7.89. The van der Waals surface area contributed by atoms with Crippen LogP contribution in [-0.4, -0.2) is 39.4 Å². The zero-order valence-electron chi connectivity index (χ0n) is 12.3. The highest BCUT2D eigenvalue weighted by Crippen LogP contribution is 2.37. The summed E-state index contributed by atoms with van der Waals surface area (Å²) in [4.78, 5) is 2.44. The second-order valence-corrected chi connectivity index (χ2v) is 7.52. The summed E-state index contributed by atoms with van der Waals surface area (Å²) in [5.41, 5.74) is 7.36. The lowest BCUT2D eigenvalue weighted by atomic mass is 10.2. The Kier molecular flexibility index (Phi) is 4.25. The van der Waals surface area contributed by atoms with E-state index in [9.17, 15) is 8.42 Å². The number of nitrogens with zero attached hydrogens (tertiary/aromatic N) is 2. The molecule has 5 nitrogen and oxygen atoms in total. The van der Waals surface area contributed by atoms with Gasteiger partial charge < -0.3 is 10.6 Å². The molecule has 1 aromatic carbocycles. The van der Waals surface area contributed by atoms with Crippen molar-refractivity contribution in [3.05, 3.63) is 18.2 Å². The molecule has 6 heteroatoms. The summed E-state index contributed by atoms with van der Waals surface area (Å²) in [5, 5.41) is 0. The average Bonchev–Trinajstić information content (AvgIpc) is 3.20. The van der Waals surface area contributed by atoms with Gasteiger partial charge in [0.05, 0.1) is 11.4 Å². The van der Waals surface area contributed by atoms with Crippen LogP contribution in [0.2, 0.25) is 0 Å². The van der Waals surface area contributed by atoms with Crippen molar-refractivity contribution in [1.29, 1.82) is 0 Å². The third-order valence-electron chi connectivity index (χ3n) is 3.56. The summed E-state index contributed by atoms with van der Waals surface area (Å²) in [7, 11) is -0.462. The van der Waals surface area contributed by atoms with Gasteiger partial charge in [0.15, 0.2) is 0 Å². The molecule has 0 bridgehead atoms. The minimum absolute atomic E-state index is 0.196. The summed E-state index contributed by atoms with van der Waals surface area (Å²) in [6, 6.07) is 5.77. The standard InChI is InChI=1S/C14H23N3O2S/c1-4-10-17(11-8-9-11)12-6-5-7-13(14(12)15)20(18,19)16(2)3/h5-7,11H,4,8-10,15H2,1-3H3. The van der Waals surface area contributed by atoms with Crippen molar-refractivity contribution in [2.75, 3.05) is 31.3 Å². The van der Waals surface area contributed by atoms with E-state index < -0.39 is 10.0 Å². The Labute approximate surface area is 121 Å². The number of nitrogens with two attached hydrogens (primary N) is 1. The topological polar surface area (TPSA) is 66.6 Å². The Morgan fingerprint density at radius 1 is 1.30 bits per heavy atom. The van der Waals surface area contributed by atoms with Gasteiger partial charge in [0.2, 0.25) is 10.0 Å². The molecule has 2 rings (SSSR count). The number of benzene rings is 1. The van der Waals surface area contributed by atoms with Gasteiger partial charge in [-0.3, -0.25) is 0 Å². The van der Waals surface area contributed by atoms with Gasteiger partial charge in [0, 0.05) is 26.7 Å². The molecular weight excluding hydrogens is 274 g/mol. The molecule has 0 saturated heterocycles. The maximum Gasteiger partial charge on any atom is 0.244 e. The number of hydrogen-bond donors (Lipinski definition) is 1. The fourth-order valence-electron chi connectivity index (χ4n) is 2.33. The normalized spacial score (nSPS) is 15.6. The Morgan fingerprint density at radius 3 is 2.45 bits per heavy atom. The largest absolute Gasteiger partial charge is 0.396 e. The van der Waals surface area contributed by atoms with Gasteiger partial charge in [-0.15, -0.1) is 0 Å². The van der Waals surface area contributed by atoms with E-state index in [0.29, 0.717) is 11.7 Å². The van der Waals surface area contributed by atoms with Gasteiger partial charge in [-0.25, -0.2) is 12.7 Å². The fourth-order valence-corrected chi connectivity index (χ4v) is 3.36. The first kappa shape index (κ1) is 15.1. The van der Waals surface area contributed by atoms with Crippen LogP contribution in [0.3, 0.4) is 0 Å². The predicted molar refractivity (Wildman–Crippen MR) is 82.4 cm³/mol. The summed E-state index contributed by atoms with van der Waals surface area (Å²) >= 11 is 0. The Morgan fingerprint density at radius 2 is 1.95 bits per heavy atom. The lowest BCUT2D eigenvalue weighted by molar-refractivity contribution is 0.521. The molecule has 20 heavy (non-hydrogen) atoms. The van der Waals surface area contributed by atoms with Gasteiger partial charge in [0.1, 0.15) is 4.90 Å². The first-order chi connectivity index (χ1) is 9.39. The van der Waals surface area contributed by atoms with Gasteiger partial charge in [-0.1, -0.05) is 13.0 Å². The average molecular weight is 297 g/mol. The van der Waals surface area contributed by atoms with Gasteiger partial charge in [0.25, 0.3) is 0 Å². The molecule has 1 aliphatic carbocycles. The molecule has 0 atom stereocenters. The molecule has 0 unspecified atom stereocenters. The van der Waals surface area contributed by atoms with Crippen molar-refractivity contribution in [3.63, 3.8) is 0 Å². The van der Waals surface area contributed by atoms with E-state index in [2.05, 4.69) is 11.8 Å². The summed E-state index contributed by atoms with van der Waals surface area (Å²) in [6.07, 6.45) is 3.33. The number of para-hydroxylation sites is 1. The number of hydrogen-bond acceptors (Lipinski definition) is 4. The van der Waals surface area contributed by atoms with Crippen molar-refractivity contribution in [3.8, 4) is 0 Å². The van der Waals surface area contributed by atoms with E-state index in [1.807, 2.05) is 6.07 Å². The van der Waals surface area contributed by atoms with Crippen LogP contribution in [0.4, 0.5) is 11.4 Å². The van der Waals surface area contributed by atoms with Crippen molar-refractivity contribution in [2.24, 2.45) is 0 Å². The van der Waals surface area contributed by atoms with Crippen LogP contribution in [0.25, 0.3) is 0 Å². The van der Waals surface area contributed by atoms with Crippen molar-refractivity contribution >= 4 is 21.4 Å². The molecule has 1 fully saturated rings. The molecule has 1 saturated carbocycles. The molecule has 0 spiro atoms.